The minimum atomic E-state index is -0.777. The number of nitrogens with one attached hydrogen (secondary N) is 1. The topological polar surface area (TPSA) is 70.1 Å². The number of hydrogen-bond donors (Lipinski definition) is 1. The minimum Gasteiger partial charge on any atom is -0.350 e. The fourth-order valence-corrected chi connectivity index (χ4v) is 4.59. The Morgan fingerprint density at radius 1 is 1.03 bits per heavy atom. The van der Waals surface area contributed by atoms with Gasteiger partial charge in [-0.25, -0.2) is 19.3 Å². The highest BCUT2D eigenvalue weighted by atomic mass is 19.1. The third kappa shape index (κ3) is 4.06. The Morgan fingerprint density at radius 2 is 1.88 bits per heavy atom. The van der Waals surface area contributed by atoms with Crippen LogP contribution in [-0.2, 0) is 0 Å². The first-order valence-corrected chi connectivity index (χ1v) is 11.5. The molecule has 1 unspecified atom stereocenters. The van der Waals surface area contributed by atoms with Crippen LogP contribution in [0.5, 0.6) is 0 Å². The molecule has 0 aliphatic carbocycles. The molecule has 32 heavy (non-hydrogen) atoms. The van der Waals surface area contributed by atoms with Crippen LogP contribution in [0, 0.1) is 5.92 Å². The summed E-state index contributed by atoms with van der Waals surface area (Å²) in [4.78, 5) is 22.7. The van der Waals surface area contributed by atoms with Gasteiger partial charge in [0.1, 0.15) is 23.6 Å². The number of nitrogens with zero attached hydrogens (tertiary/aromatic N) is 6. The van der Waals surface area contributed by atoms with Gasteiger partial charge in [0.2, 0.25) is 5.95 Å². The molecule has 0 saturated carbocycles. The first-order valence-electron chi connectivity index (χ1n) is 11.5. The SMILES string of the molecule is CC1CCCN(c2nccc(Nc3cc4c(C(C)C)cnc(N5CC(F)C5)c4cn3)n2)C1. The first-order chi connectivity index (χ1) is 15.5. The zero-order valence-electron chi connectivity index (χ0n) is 18.9. The zero-order chi connectivity index (χ0) is 22.2. The lowest BCUT2D eigenvalue weighted by Crippen LogP contribution is -2.48. The summed E-state index contributed by atoms with van der Waals surface area (Å²) in [5.41, 5.74) is 1.15. The van der Waals surface area contributed by atoms with Gasteiger partial charge in [0.15, 0.2) is 0 Å². The maximum Gasteiger partial charge on any atom is 0.227 e. The van der Waals surface area contributed by atoms with Crippen molar-refractivity contribution in [2.45, 2.75) is 45.7 Å². The van der Waals surface area contributed by atoms with E-state index in [9.17, 15) is 4.39 Å². The number of fused-ring (bicyclic) bond motifs is 1. The average Bonchev–Trinajstić information content (AvgIpc) is 2.76. The van der Waals surface area contributed by atoms with Crippen molar-refractivity contribution >= 4 is 34.2 Å². The van der Waals surface area contributed by atoms with Gasteiger partial charge in [-0.3, -0.25) is 0 Å². The highest BCUT2D eigenvalue weighted by Crippen LogP contribution is 2.34. The van der Waals surface area contributed by atoms with E-state index in [0.717, 1.165) is 52.8 Å². The van der Waals surface area contributed by atoms with E-state index < -0.39 is 6.17 Å². The largest absolute Gasteiger partial charge is 0.350 e. The van der Waals surface area contributed by atoms with Gasteiger partial charge in [0.25, 0.3) is 0 Å². The second-order valence-corrected chi connectivity index (χ2v) is 9.37. The summed E-state index contributed by atoms with van der Waals surface area (Å²) in [5.74, 6) is 3.98. The molecule has 5 rings (SSSR count). The highest BCUT2D eigenvalue weighted by molar-refractivity contribution is 5.96. The van der Waals surface area contributed by atoms with Gasteiger partial charge in [-0.1, -0.05) is 20.8 Å². The molecule has 0 radical (unpaired) electrons. The predicted octanol–water partition coefficient (Wildman–Crippen LogP) is 4.68. The Kier molecular flexibility index (Phi) is 5.53. The van der Waals surface area contributed by atoms with E-state index in [1.807, 2.05) is 29.4 Å². The maximum atomic E-state index is 13.4. The van der Waals surface area contributed by atoms with Crippen molar-refractivity contribution in [1.82, 2.24) is 19.9 Å². The van der Waals surface area contributed by atoms with Gasteiger partial charge in [0.05, 0.1) is 13.1 Å². The second kappa shape index (κ2) is 8.48. The van der Waals surface area contributed by atoms with Crippen molar-refractivity contribution in [1.29, 1.82) is 0 Å². The number of halogens is 1. The number of hydrogen-bond acceptors (Lipinski definition) is 7. The van der Waals surface area contributed by atoms with Gasteiger partial charge >= 0.3 is 0 Å². The van der Waals surface area contributed by atoms with E-state index in [-0.39, 0.29) is 0 Å². The molecule has 0 spiro atoms. The van der Waals surface area contributed by atoms with Crippen LogP contribution < -0.4 is 15.1 Å². The standard InChI is InChI=1S/C24H30FN7/c1-15(2)19-10-28-23(32-13-17(25)14-32)20-11-27-22(9-18(19)20)29-21-6-7-26-24(30-21)31-8-4-5-16(3)12-31/h6-7,9-11,15-17H,4-5,8,12-14H2,1-3H3,(H,26,27,29,30). The molecular formula is C24H30FN7. The molecule has 1 atom stereocenters. The molecule has 0 bridgehead atoms. The average molecular weight is 436 g/mol. The smallest absolute Gasteiger partial charge is 0.227 e. The second-order valence-electron chi connectivity index (χ2n) is 9.37. The van der Waals surface area contributed by atoms with Crippen LogP contribution in [0.2, 0.25) is 0 Å². The van der Waals surface area contributed by atoms with Gasteiger partial charge in [-0.2, -0.15) is 4.98 Å². The number of anilines is 4. The Bertz CT molecular complexity index is 1110. The summed E-state index contributed by atoms with van der Waals surface area (Å²) in [6.45, 7) is 9.34. The van der Waals surface area contributed by atoms with Crippen molar-refractivity contribution in [2.75, 3.05) is 41.3 Å². The lowest BCUT2D eigenvalue weighted by Gasteiger charge is -2.36. The highest BCUT2D eigenvalue weighted by Gasteiger charge is 2.29. The summed E-state index contributed by atoms with van der Waals surface area (Å²) < 4.78 is 13.4. The Labute approximate surface area is 188 Å². The monoisotopic (exact) mass is 435 g/mol. The lowest BCUT2D eigenvalue weighted by atomic mass is 9.98. The van der Waals surface area contributed by atoms with E-state index in [4.69, 9.17) is 4.98 Å². The molecular weight excluding hydrogens is 405 g/mol. The third-order valence-corrected chi connectivity index (χ3v) is 6.38. The molecule has 2 saturated heterocycles. The van der Waals surface area contributed by atoms with Gasteiger partial charge in [-0.15, -0.1) is 0 Å². The number of pyridine rings is 2. The van der Waals surface area contributed by atoms with Crippen LogP contribution >= 0.6 is 0 Å². The molecule has 168 valence electrons. The van der Waals surface area contributed by atoms with Gasteiger partial charge in [-0.05, 0) is 47.8 Å². The molecule has 0 aromatic carbocycles. The van der Waals surface area contributed by atoms with Gasteiger partial charge in [0, 0.05) is 37.1 Å². The summed E-state index contributed by atoms with van der Waals surface area (Å²) in [6.07, 6.45) is 7.20. The lowest BCUT2D eigenvalue weighted by molar-refractivity contribution is 0.274. The first kappa shape index (κ1) is 20.8. The summed E-state index contributed by atoms with van der Waals surface area (Å²) >= 11 is 0. The van der Waals surface area contributed by atoms with E-state index in [1.165, 1.54) is 12.8 Å². The molecule has 8 heteroatoms. The van der Waals surface area contributed by atoms with Crippen LogP contribution in [0.4, 0.5) is 27.8 Å². The van der Waals surface area contributed by atoms with E-state index >= 15 is 0 Å². The molecule has 0 amide bonds. The molecule has 3 aromatic heterocycles. The van der Waals surface area contributed by atoms with E-state index in [2.05, 4.69) is 45.9 Å². The number of aromatic nitrogens is 4. The molecule has 7 nitrogen and oxygen atoms in total. The van der Waals surface area contributed by atoms with Crippen LogP contribution in [0.3, 0.4) is 0 Å². The van der Waals surface area contributed by atoms with Crippen LogP contribution in [0.15, 0.2) is 30.7 Å². The van der Waals surface area contributed by atoms with E-state index in [0.29, 0.717) is 24.9 Å². The van der Waals surface area contributed by atoms with Gasteiger partial charge < -0.3 is 15.1 Å². The summed E-state index contributed by atoms with van der Waals surface area (Å²) in [5, 5.41) is 5.40. The van der Waals surface area contributed by atoms with Crippen molar-refractivity contribution < 1.29 is 4.39 Å². The van der Waals surface area contributed by atoms with Crippen molar-refractivity contribution in [3.63, 3.8) is 0 Å². The number of rotatable bonds is 5. The van der Waals surface area contributed by atoms with Crippen molar-refractivity contribution in [3.05, 3.63) is 36.3 Å². The zero-order valence-corrected chi connectivity index (χ0v) is 18.9. The van der Waals surface area contributed by atoms with E-state index in [1.54, 1.807) is 6.20 Å². The molecule has 5 heterocycles. The minimum absolute atomic E-state index is 0.311. The quantitative estimate of drug-likeness (QED) is 0.624. The van der Waals surface area contributed by atoms with Crippen LogP contribution in [0.25, 0.3) is 10.8 Å². The Morgan fingerprint density at radius 3 is 2.62 bits per heavy atom. The molecule has 2 aliphatic rings. The van der Waals surface area contributed by atoms with Crippen molar-refractivity contribution in [3.8, 4) is 0 Å². The van der Waals surface area contributed by atoms with Crippen molar-refractivity contribution in [2.24, 2.45) is 5.92 Å². The fraction of sp³-hybridized carbons (Fsp3) is 0.500. The normalized spacial score (nSPS) is 19.5. The number of piperidine rings is 1. The Hall–Kier alpha value is -3.03. The number of alkyl halides is 1. The predicted molar refractivity (Wildman–Crippen MR) is 127 cm³/mol. The molecule has 2 fully saturated rings. The third-order valence-electron chi connectivity index (χ3n) is 6.38. The van der Waals surface area contributed by atoms with Crippen LogP contribution in [0.1, 0.15) is 45.1 Å². The maximum absolute atomic E-state index is 13.4. The molecule has 3 aromatic rings. The molecule has 1 N–H and O–H groups in total. The Balaban J connectivity index is 1.45. The fourth-order valence-electron chi connectivity index (χ4n) is 4.59. The summed E-state index contributed by atoms with van der Waals surface area (Å²) in [7, 11) is 0. The molecule has 2 aliphatic heterocycles. The summed E-state index contributed by atoms with van der Waals surface area (Å²) in [6, 6.07) is 3.92. The van der Waals surface area contributed by atoms with Crippen LogP contribution in [-0.4, -0.2) is 52.3 Å².